The monoisotopic (exact) mass is 293 g/mol. The quantitative estimate of drug-likeness (QED) is 0.866. The van der Waals surface area contributed by atoms with E-state index < -0.39 is 36.4 Å². The van der Waals surface area contributed by atoms with Crippen molar-refractivity contribution in [2.24, 2.45) is 11.8 Å². The van der Waals surface area contributed by atoms with Crippen LogP contribution in [0, 0.1) is 11.8 Å². The first-order valence-corrected chi connectivity index (χ1v) is 6.88. The second kappa shape index (κ2) is 5.61. The molecule has 0 aromatic heterocycles. The van der Waals surface area contributed by atoms with Gasteiger partial charge in [-0.05, 0) is 38.5 Å². The molecule has 0 radical (unpaired) electrons. The lowest BCUT2D eigenvalue weighted by molar-refractivity contribution is -0.166. The predicted octanol–water partition coefficient (Wildman–Crippen LogP) is 2.43. The van der Waals surface area contributed by atoms with Crippen LogP contribution in [0.2, 0.25) is 0 Å². The van der Waals surface area contributed by atoms with Crippen molar-refractivity contribution in [2.45, 2.75) is 50.7 Å². The Morgan fingerprint density at radius 3 is 1.90 bits per heavy atom. The summed E-state index contributed by atoms with van der Waals surface area (Å²) in [4.78, 5) is 24.0. The molecule has 0 aromatic carbocycles. The SMILES string of the molecule is O=C(O)C1CCC(C(=O)N(CC(F)(F)F)C2CC2)CC1. The molecule has 114 valence electrons. The number of carboxylic acid groups (broad SMARTS) is 1. The molecule has 0 spiro atoms. The smallest absolute Gasteiger partial charge is 0.406 e. The minimum atomic E-state index is -4.38. The highest BCUT2D eigenvalue weighted by molar-refractivity contribution is 5.80. The number of hydrogen-bond acceptors (Lipinski definition) is 2. The predicted molar refractivity (Wildman–Crippen MR) is 63.9 cm³/mol. The third-order valence-corrected chi connectivity index (χ3v) is 4.05. The van der Waals surface area contributed by atoms with Gasteiger partial charge in [-0.3, -0.25) is 9.59 Å². The summed E-state index contributed by atoms with van der Waals surface area (Å²) in [6.07, 6.45) is -1.63. The number of carbonyl (C=O) groups excluding carboxylic acids is 1. The second-order valence-electron chi connectivity index (χ2n) is 5.70. The molecule has 0 aliphatic heterocycles. The highest BCUT2D eigenvalue weighted by Gasteiger charge is 2.43. The summed E-state index contributed by atoms with van der Waals surface area (Å²) in [5.41, 5.74) is 0. The van der Waals surface area contributed by atoms with Crippen LogP contribution in [-0.2, 0) is 9.59 Å². The average molecular weight is 293 g/mol. The summed E-state index contributed by atoms with van der Waals surface area (Å²) >= 11 is 0. The maximum Gasteiger partial charge on any atom is 0.406 e. The first-order chi connectivity index (χ1) is 9.28. The minimum absolute atomic E-state index is 0.277. The number of carbonyl (C=O) groups is 2. The van der Waals surface area contributed by atoms with Crippen LogP contribution in [0.5, 0.6) is 0 Å². The largest absolute Gasteiger partial charge is 0.481 e. The van der Waals surface area contributed by atoms with E-state index in [2.05, 4.69) is 0 Å². The zero-order valence-electron chi connectivity index (χ0n) is 11.0. The van der Waals surface area contributed by atoms with Crippen LogP contribution in [0.1, 0.15) is 38.5 Å². The van der Waals surface area contributed by atoms with Crippen molar-refractivity contribution in [1.82, 2.24) is 4.90 Å². The zero-order valence-corrected chi connectivity index (χ0v) is 11.0. The lowest BCUT2D eigenvalue weighted by Gasteiger charge is -2.31. The van der Waals surface area contributed by atoms with Crippen molar-refractivity contribution >= 4 is 11.9 Å². The molecule has 2 saturated carbocycles. The Morgan fingerprint density at radius 2 is 1.50 bits per heavy atom. The molecule has 2 aliphatic carbocycles. The Morgan fingerprint density at radius 1 is 1.00 bits per heavy atom. The Balaban J connectivity index is 1.93. The third kappa shape index (κ3) is 3.86. The van der Waals surface area contributed by atoms with Crippen LogP contribution in [0.25, 0.3) is 0 Å². The van der Waals surface area contributed by atoms with Crippen molar-refractivity contribution < 1.29 is 27.9 Å². The van der Waals surface area contributed by atoms with Gasteiger partial charge >= 0.3 is 12.1 Å². The van der Waals surface area contributed by atoms with Crippen molar-refractivity contribution in [2.75, 3.05) is 6.54 Å². The third-order valence-electron chi connectivity index (χ3n) is 4.05. The molecule has 1 amide bonds. The van der Waals surface area contributed by atoms with Gasteiger partial charge in [0.2, 0.25) is 5.91 Å². The molecule has 0 saturated heterocycles. The lowest BCUT2D eigenvalue weighted by Crippen LogP contribution is -2.44. The van der Waals surface area contributed by atoms with E-state index in [0.717, 1.165) is 4.90 Å². The van der Waals surface area contributed by atoms with Gasteiger partial charge < -0.3 is 10.0 Å². The molecule has 4 nitrogen and oxygen atoms in total. The van der Waals surface area contributed by atoms with Crippen LogP contribution >= 0.6 is 0 Å². The van der Waals surface area contributed by atoms with Gasteiger partial charge in [0.1, 0.15) is 6.54 Å². The van der Waals surface area contributed by atoms with E-state index in [-0.39, 0.29) is 6.04 Å². The Kier molecular flexibility index (Phi) is 4.25. The summed E-state index contributed by atoms with van der Waals surface area (Å²) in [7, 11) is 0. The molecule has 7 heteroatoms. The van der Waals surface area contributed by atoms with Gasteiger partial charge in [-0.25, -0.2) is 0 Å². The first-order valence-electron chi connectivity index (χ1n) is 6.88. The molecule has 0 unspecified atom stereocenters. The molecule has 0 bridgehead atoms. The van der Waals surface area contributed by atoms with Crippen molar-refractivity contribution in [1.29, 1.82) is 0 Å². The summed E-state index contributed by atoms with van der Waals surface area (Å²) < 4.78 is 37.6. The molecular weight excluding hydrogens is 275 g/mol. The Bertz CT molecular complexity index is 385. The van der Waals surface area contributed by atoms with Crippen LogP contribution in [0.15, 0.2) is 0 Å². The molecular formula is C13H18F3NO3. The van der Waals surface area contributed by atoms with E-state index in [1.807, 2.05) is 0 Å². The van der Waals surface area contributed by atoms with Crippen LogP contribution in [0.4, 0.5) is 13.2 Å². The van der Waals surface area contributed by atoms with E-state index in [1.54, 1.807) is 0 Å². The number of nitrogens with zero attached hydrogens (tertiary/aromatic N) is 1. The number of alkyl halides is 3. The molecule has 0 atom stereocenters. The Hall–Kier alpha value is -1.27. The van der Waals surface area contributed by atoms with Gasteiger partial charge in [-0.15, -0.1) is 0 Å². The number of halogens is 3. The standard InChI is InChI=1S/C13H18F3NO3/c14-13(15,16)7-17(10-5-6-10)11(18)8-1-3-9(4-2-8)12(19)20/h8-10H,1-7H2,(H,19,20). The topological polar surface area (TPSA) is 57.6 Å². The molecule has 2 rings (SSSR count). The van der Waals surface area contributed by atoms with E-state index in [0.29, 0.717) is 38.5 Å². The van der Waals surface area contributed by atoms with Crippen LogP contribution in [0.3, 0.4) is 0 Å². The average Bonchev–Trinajstić information content (AvgIpc) is 3.18. The summed E-state index contributed by atoms with van der Waals surface area (Å²) in [5.74, 6) is -2.25. The van der Waals surface area contributed by atoms with Gasteiger partial charge in [0.15, 0.2) is 0 Å². The fraction of sp³-hybridized carbons (Fsp3) is 0.846. The number of hydrogen-bond donors (Lipinski definition) is 1. The summed E-state index contributed by atoms with van der Waals surface area (Å²) in [6, 6.07) is -0.277. The van der Waals surface area contributed by atoms with E-state index in [1.165, 1.54) is 0 Å². The van der Waals surface area contributed by atoms with E-state index in [4.69, 9.17) is 5.11 Å². The van der Waals surface area contributed by atoms with Gasteiger partial charge in [0.05, 0.1) is 5.92 Å². The summed E-state index contributed by atoms with van der Waals surface area (Å²) in [5, 5.41) is 8.88. The Labute approximate surface area is 114 Å². The number of rotatable bonds is 4. The molecule has 2 aliphatic rings. The minimum Gasteiger partial charge on any atom is -0.481 e. The first kappa shape index (κ1) is 15.1. The van der Waals surface area contributed by atoms with Gasteiger partial charge in [-0.1, -0.05) is 0 Å². The fourth-order valence-corrected chi connectivity index (χ4v) is 2.79. The van der Waals surface area contributed by atoms with Gasteiger partial charge in [0, 0.05) is 12.0 Å². The maximum absolute atomic E-state index is 12.5. The highest BCUT2D eigenvalue weighted by atomic mass is 19.4. The van der Waals surface area contributed by atoms with Crippen molar-refractivity contribution in [3.05, 3.63) is 0 Å². The normalized spacial score (nSPS) is 27.1. The second-order valence-corrected chi connectivity index (χ2v) is 5.70. The lowest BCUT2D eigenvalue weighted by atomic mass is 9.81. The van der Waals surface area contributed by atoms with Crippen molar-refractivity contribution in [3.63, 3.8) is 0 Å². The maximum atomic E-state index is 12.5. The molecule has 1 N–H and O–H groups in total. The molecule has 0 aromatic rings. The number of amides is 1. The van der Waals surface area contributed by atoms with E-state index in [9.17, 15) is 22.8 Å². The number of aliphatic carboxylic acids is 1. The van der Waals surface area contributed by atoms with Gasteiger partial charge in [0.25, 0.3) is 0 Å². The van der Waals surface area contributed by atoms with Crippen LogP contribution < -0.4 is 0 Å². The number of carboxylic acids is 1. The van der Waals surface area contributed by atoms with Gasteiger partial charge in [-0.2, -0.15) is 13.2 Å². The van der Waals surface area contributed by atoms with E-state index >= 15 is 0 Å². The molecule has 0 heterocycles. The van der Waals surface area contributed by atoms with Crippen molar-refractivity contribution in [3.8, 4) is 0 Å². The highest BCUT2D eigenvalue weighted by Crippen LogP contribution is 2.35. The van der Waals surface area contributed by atoms with Crippen LogP contribution in [-0.4, -0.2) is 40.6 Å². The molecule has 20 heavy (non-hydrogen) atoms. The zero-order chi connectivity index (χ0) is 14.9. The fourth-order valence-electron chi connectivity index (χ4n) is 2.79. The summed E-state index contributed by atoms with van der Waals surface area (Å²) in [6.45, 7) is -1.19. The molecule has 2 fully saturated rings.